The highest BCUT2D eigenvalue weighted by atomic mass is 32.2. The minimum atomic E-state index is -0.397. The quantitative estimate of drug-likeness (QED) is 0.564. The molecule has 2 N–H and O–H groups in total. The van der Waals surface area contributed by atoms with Crippen molar-refractivity contribution in [1.82, 2.24) is 19.9 Å². The van der Waals surface area contributed by atoms with Gasteiger partial charge in [-0.1, -0.05) is 30.0 Å². The Labute approximate surface area is 184 Å². The number of pyridine rings is 1. The molecule has 1 aliphatic rings. The SMILES string of the molecule is O=C(Nc1ccc(OC(=O)N2CCC(CSc3ncc[nH]3)CC2)nc1)c1ccccc1. The molecule has 31 heavy (non-hydrogen) atoms. The van der Waals surface area contributed by atoms with E-state index in [4.69, 9.17) is 4.74 Å². The number of H-pyrrole nitrogens is 1. The first kappa shape index (κ1) is 20.9. The number of aromatic nitrogens is 3. The number of likely N-dealkylation sites (tertiary alicyclic amines) is 1. The summed E-state index contributed by atoms with van der Waals surface area (Å²) in [6, 6.07) is 12.2. The summed E-state index contributed by atoms with van der Waals surface area (Å²) in [7, 11) is 0. The van der Waals surface area contributed by atoms with Gasteiger partial charge in [0.05, 0.1) is 11.9 Å². The van der Waals surface area contributed by atoms with E-state index in [0.29, 0.717) is 30.3 Å². The average Bonchev–Trinajstić information content (AvgIpc) is 3.33. The van der Waals surface area contributed by atoms with Crippen LogP contribution >= 0.6 is 11.8 Å². The molecule has 9 heteroatoms. The van der Waals surface area contributed by atoms with Gasteiger partial charge in [0.1, 0.15) is 0 Å². The molecular weight excluding hydrogens is 414 g/mol. The average molecular weight is 438 g/mol. The van der Waals surface area contributed by atoms with Crippen LogP contribution in [0.3, 0.4) is 0 Å². The summed E-state index contributed by atoms with van der Waals surface area (Å²) in [5, 5.41) is 3.70. The number of piperidine rings is 1. The number of hydrogen-bond acceptors (Lipinski definition) is 6. The lowest BCUT2D eigenvalue weighted by molar-refractivity contribution is 0.102. The number of aromatic amines is 1. The van der Waals surface area contributed by atoms with E-state index in [1.807, 2.05) is 12.3 Å². The molecule has 8 nitrogen and oxygen atoms in total. The number of amides is 2. The fourth-order valence-corrected chi connectivity index (χ4v) is 4.28. The van der Waals surface area contributed by atoms with Gasteiger partial charge >= 0.3 is 6.09 Å². The topological polar surface area (TPSA) is 100 Å². The van der Waals surface area contributed by atoms with Crippen LogP contribution in [0, 0.1) is 5.92 Å². The van der Waals surface area contributed by atoms with Crippen molar-refractivity contribution in [2.24, 2.45) is 5.92 Å². The fourth-order valence-electron chi connectivity index (χ4n) is 3.27. The molecule has 0 unspecified atom stereocenters. The van der Waals surface area contributed by atoms with Gasteiger partial charge in [-0.2, -0.15) is 0 Å². The summed E-state index contributed by atoms with van der Waals surface area (Å²) < 4.78 is 5.40. The molecule has 3 aromatic rings. The number of nitrogens with one attached hydrogen (secondary N) is 2. The van der Waals surface area contributed by atoms with Gasteiger partial charge in [-0.25, -0.2) is 14.8 Å². The predicted octanol–water partition coefficient (Wildman–Crippen LogP) is 4.06. The van der Waals surface area contributed by atoms with E-state index in [1.165, 1.54) is 6.20 Å². The van der Waals surface area contributed by atoms with E-state index >= 15 is 0 Å². The Balaban J connectivity index is 1.22. The first-order chi connectivity index (χ1) is 15.2. The fraction of sp³-hybridized carbons (Fsp3) is 0.273. The maximum atomic E-state index is 12.4. The number of imidazole rings is 1. The number of ether oxygens (including phenoxy) is 1. The van der Waals surface area contributed by atoms with Crippen LogP contribution in [0.2, 0.25) is 0 Å². The van der Waals surface area contributed by atoms with Crippen LogP contribution < -0.4 is 10.1 Å². The van der Waals surface area contributed by atoms with Crippen LogP contribution in [0.25, 0.3) is 0 Å². The van der Waals surface area contributed by atoms with Crippen LogP contribution in [0.1, 0.15) is 23.2 Å². The monoisotopic (exact) mass is 437 g/mol. The Bertz CT molecular complexity index is 988. The summed E-state index contributed by atoms with van der Waals surface area (Å²) in [4.78, 5) is 37.8. The van der Waals surface area contributed by atoms with Gasteiger partial charge in [-0.3, -0.25) is 4.79 Å². The molecule has 3 heterocycles. The molecule has 1 saturated heterocycles. The third kappa shape index (κ3) is 5.85. The first-order valence-corrected chi connectivity index (χ1v) is 11.1. The lowest BCUT2D eigenvalue weighted by Crippen LogP contribution is -2.40. The summed E-state index contributed by atoms with van der Waals surface area (Å²) in [5.41, 5.74) is 1.09. The number of rotatable bonds is 6. The van der Waals surface area contributed by atoms with E-state index in [0.717, 1.165) is 23.8 Å². The minimum Gasteiger partial charge on any atom is -0.391 e. The Hall–Kier alpha value is -3.33. The molecule has 0 bridgehead atoms. The normalized spacial score (nSPS) is 14.3. The van der Waals surface area contributed by atoms with Crippen LogP contribution in [0.5, 0.6) is 5.88 Å². The van der Waals surface area contributed by atoms with E-state index in [2.05, 4.69) is 20.3 Å². The molecule has 0 aliphatic carbocycles. The van der Waals surface area contributed by atoms with Crippen molar-refractivity contribution in [3.8, 4) is 5.88 Å². The van der Waals surface area contributed by atoms with E-state index in [-0.39, 0.29) is 11.8 Å². The van der Waals surface area contributed by atoms with Crippen molar-refractivity contribution in [3.63, 3.8) is 0 Å². The summed E-state index contributed by atoms with van der Waals surface area (Å²) in [5.74, 6) is 1.51. The van der Waals surface area contributed by atoms with Crippen molar-refractivity contribution < 1.29 is 14.3 Å². The number of nitrogens with zero attached hydrogens (tertiary/aromatic N) is 3. The zero-order valence-electron chi connectivity index (χ0n) is 16.9. The number of carbonyl (C=O) groups is 2. The lowest BCUT2D eigenvalue weighted by atomic mass is 9.99. The van der Waals surface area contributed by atoms with Crippen LogP contribution in [-0.2, 0) is 0 Å². The van der Waals surface area contributed by atoms with Gasteiger partial charge in [-0.05, 0) is 37.0 Å². The molecule has 1 fully saturated rings. The van der Waals surface area contributed by atoms with Crippen LogP contribution in [0.4, 0.5) is 10.5 Å². The highest BCUT2D eigenvalue weighted by Gasteiger charge is 2.24. The molecule has 0 radical (unpaired) electrons. The molecule has 4 rings (SSSR count). The Kier molecular flexibility index (Phi) is 6.83. The first-order valence-electron chi connectivity index (χ1n) is 10.1. The number of anilines is 1. The third-order valence-electron chi connectivity index (χ3n) is 5.02. The number of hydrogen-bond donors (Lipinski definition) is 2. The highest BCUT2D eigenvalue weighted by molar-refractivity contribution is 7.99. The third-order valence-corrected chi connectivity index (χ3v) is 6.16. The van der Waals surface area contributed by atoms with E-state index in [1.54, 1.807) is 59.3 Å². The molecule has 0 atom stereocenters. The maximum Gasteiger partial charge on any atom is 0.416 e. The second-order valence-electron chi connectivity index (χ2n) is 7.21. The Morgan fingerprint density at radius 2 is 1.94 bits per heavy atom. The maximum absolute atomic E-state index is 12.4. The highest BCUT2D eigenvalue weighted by Crippen LogP contribution is 2.25. The largest absolute Gasteiger partial charge is 0.416 e. The van der Waals surface area contributed by atoms with Crippen molar-refractivity contribution >= 4 is 29.4 Å². The smallest absolute Gasteiger partial charge is 0.391 e. The lowest BCUT2D eigenvalue weighted by Gasteiger charge is -2.30. The van der Waals surface area contributed by atoms with Gasteiger partial charge in [0, 0.05) is 42.9 Å². The zero-order chi connectivity index (χ0) is 21.5. The number of carbonyl (C=O) groups excluding carboxylic acids is 2. The van der Waals surface area contributed by atoms with Gasteiger partial charge in [0.15, 0.2) is 5.16 Å². The molecular formula is C22H23N5O3S. The molecule has 2 aromatic heterocycles. The second-order valence-corrected chi connectivity index (χ2v) is 8.22. The number of benzene rings is 1. The van der Waals surface area contributed by atoms with Crippen molar-refractivity contribution in [2.75, 3.05) is 24.2 Å². The van der Waals surface area contributed by atoms with E-state index in [9.17, 15) is 9.59 Å². The van der Waals surface area contributed by atoms with Crippen molar-refractivity contribution in [1.29, 1.82) is 0 Å². The molecule has 2 amide bonds. The van der Waals surface area contributed by atoms with Gasteiger partial charge in [0.25, 0.3) is 5.91 Å². The Morgan fingerprint density at radius 3 is 2.61 bits per heavy atom. The summed E-state index contributed by atoms with van der Waals surface area (Å²) in [6.45, 7) is 1.32. The molecule has 0 spiro atoms. The Morgan fingerprint density at radius 1 is 1.13 bits per heavy atom. The molecule has 1 aromatic carbocycles. The van der Waals surface area contributed by atoms with Gasteiger partial charge in [0.2, 0.25) is 5.88 Å². The van der Waals surface area contributed by atoms with Gasteiger partial charge in [-0.15, -0.1) is 0 Å². The predicted molar refractivity (Wildman–Crippen MR) is 118 cm³/mol. The van der Waals surface area contributed by atoms with Crippen LogP contribution in [0.15, 0.2) is 66.2 Å². The van der Waals surface area contributed by atoms with Gasteiger partial charge < -0.3 is 19.9 Å². The van der Waals surface area contributed by atoms with E-state index < -0.39 is 6.09 Å². The van der Waals surface area contributed by atoms with Crippen molar-refractivity contribution in [3.05, 3.63) is 66.6 Å². The molecule has 160 valence electrons. The summed E-state index contributed by atoms with van der Waals surface area (Å²) >= 11 is 1.71. The zero-order valence-corrected chi connectivity index (χ0v) is 17.7. The van der Waals surface area contributed by atoms with Crippen molar-refractivity contribution in [2.45, 2.75) is 18.0 Å². The minimum absolute atomic E-state index is 0.207. The van der Waals surface area contributed by atoms with Crippen LogP contribution in [-0.4, -0.2) is 50.7 Å². The second kappa shape index (κ2) is 10.1. The molecule has 1 aliphatic heterocycles. The summed E-state index contributed by atoms with van der Waals surface area (Å²) in [6.07, 6.45) is 6.51. The molecule has 0 saturated carbocycles. The standard InChI is InChI=1S/C22H23N5O3S/c28-20(17-4-2-1-3-5-17)26-18-6-7-19(25-14-18)30-22(29)27-12-8-16(9-13-27)15-31-21-23-10-11-24-21/h1-7,10-11,14,16H,8-9,12-13,15H2,(H,23,24)(H,26,28). The number of thioether (sulfide) groups is 1.